The molecule has 2 N–H and O–H groups in total. The zero-order chi connectivity index (χ0) is 25.9. The fraction of sp³-hybridized carbons (Fsp3) is 0.250. The topological polar surface area (TPSA) is 98.3 Å². The van der Waals surface area contributed by atoms with E-state index < -0.39 is 0 Å². The number of aryl methyl sites for hydroxylation is 3. The van der Waals surface area contributed by atoms with Crippen molar-refractivity contribution in [1.29, 1.82) is 0 Å². The average Bonchev–Trinajstić information content (AvgIpc) is 2.87. The van der Waals surface area contributed by atoms with Gasteiger partial charge in [0.05, 0.1) is 13.3 Å². The Hall–Kier alpha value is -4.33. The normalized spacial score (nSPS) is 10.7. The number of amides is 2. The summed E-state index contributed by atoms with van der Waals surface area (Å²) < 4.78 is 16.6. The smallest absolute Gasteiger partial charge is 0.277 e. The largest absolute Gasteiger partial charge is 0.493 e. The molecule has 36 heavy (non-hydrogen) atoms. The molecule has 0 aliphatic rings. The molecule has 3 rings (SSSR count). The van der Waals surface area contributed by atoms with E-state index in [-0.39, 0.29) is 25.0 Å². The molecule has 0 atom stereocenters. The standard InChI is InChI=1S/C28H31N3O5/c1-5-21-12-19(2)13-23(14-21)35-18-28(33)31-29-16-22-10-11-25(26(15-22)34-4)36-17-27(32)30-24-9-7-6-8-20(24)3/h6-16H,5,17-18H2,1-4H3,(H,30,32)(H,31,33)/b29-16+. The van der Waals surface area contributed by atoms with E-state index in [0.29, 0.717) is 22.8 Å². The Morgan fingerprint density at radius 1 is 0.917 bits per heavy atom. The van der Waals surface area contributed by atoms with Crippen LogP contribution in [0.3, 0.4) is 0 Å². The van der Waals surface area contributed by atoms with Crippen LogP contribution >= 0.6 is 0 Å². The number of hydrazone groups is 1. The first-order chi connectivity index (χ1) is 17.4. The second kappa shape index (κ2) is 12.9. The van der Waals surface area contributed by atoms with E-state index in [1.54, 1.807) is 18.2 Å². The van der Waals surface area contributed by atoms with Gasteiger partial charge in [-0.25, -0.2) is 5.43 Å². The number of hydrogen-bond acceptors (Lipinski definition) is 6. The van der Waals surface area contributed by atoms with E-state index in [2.05, 4.69) is 28.8 Å². The van der Waals surface area contributed by atoms with Gasteiger partial charge in [0, 0.05) is 5.69 Å². The molecule has 3 aromatic rings. The van der Waals surface area contributed by atoms with Crippen molar-refractivity contribution in [3.05, 3.63) is 82.9 Å². The monoisotopic (exact) mass is 489 g/mol. The van der Waals surface area contributed by atoms with E-state index in [1.165, 1.54) is 13.3 Å². The third kappa shape index (κ3) is 7.87. The molecule has 0 radical (unpaired) electrons. The van der Waals surface area contributed by atoms with Gasteiger partial charge in [0.15, 0.2) is 24.7 Å². The Kier molecular flexibility index (Phi) is 9.45. The van der Waals surface area contributed by atoms with Crippen LogP contribution < -0.4 is 25.0 Å². The summed E-state index contributed by atoms with van der Waals surface area (Å²) in [5, 5.41) is 6.79. The zero-order valence-corrected chi connectivity index (χ0v) is 21.0. The lowest BCUT2D eigenvalue weighted by atomic mass is 10.1. The Morgan fingerprint density at radius 3 is 2.44 bits per heavy atom. The predicted molar refractivity (Wildman–Crippen MR) is 140 cm³/mol. The van der Waals surface area contributed by atoms with E-state index in [4.69, 9.17) is 14.2 Å². The van der Waals surface area contributed by atoms with E-state index >= 15 is 0 Å². The highest BCUT2D eigenvalue weighted by molar-refractivity contribution is 5.92. The Morgan fingerprint density at radius 2 is 1.69 bits per heavy atom. The Labute approximate surface area is 211 Å². The average molecular weight is 490 g/mol. The first-order valence-corrected chi connectivity index (χ1v) is 11.6. The Bertz CT molecular complexity index is 1240. The molecule has 8 nitrogen and oxygen atoms in total. The van der Waals surface area contributed by atoms with Gasteiger partial charge in [0.1, 0.15) is 5.75 Å². The van der Waals surface area contributed by atoms with Crippen LogP contribution in [0.15, 0.2) is 65.8 Å². The van der Waals surface area contributed by atoms with Crippen LogP contribution in [0.2, 0.25) is 0 Å². The number of anilines is 1. The molecule has 8 heteroatoms. The molecule has 0 unspecified atom stereocenters. The first kappa shape index (κ1) is 26.3. The highest BCUT2D eigenvalue weighted by Gasteiger charge is 2.10. The van der Waals surface area contributed by atoms with E-state index in [0.717, 1.165) is 28.8 Å². The van der Waals surface area contributed by atoms with Crippen LogP contribution in [0, 0.1) is 13.8 Å². The molecular formula is C28H31N3O5. The molecule has 0 aliphatic heterocycles. The fourth-order valence-electron chi connectivity index (χ4n) is 3.40. The van der Waals surface area contributed by atoms with Gasteiger partial charge < -0.3 is 19.5 Å². The molecule has 0 aromatic heterocycles. The molecule has 0 heterocycles. The first-order valence-electron chi connectivity index (χ1n) is 11.6. The molecule has 0 saturated carbocycles. The van der Waals surface area contributed by atoms with E-state index in [1.807, 2.05) is 50.2 Å². The van der Waals surface area contributed by atoms with Gasteiger partial charge >= 0.3 is 0 Å². The number of nitrogens with zero attached hydrogens (tertiary/aromatic N) is 1. The van der Waals surface area contributed by atoms with Crippen molar-refractivity contribution < 1.29 is 23.8 Å². The maximum atomic E-state index is 12.3. The number of rotatable bonds is 11. The number of benzene rings is 3. The molecule has 3 aromatic carbocycles. The minimum Gasteiger partial charge on any atom is -0.493 e. The maximum Gasteiger partial charge on any atom is 0.277 e. The summed E-state index contributed by atoms with van der Waals surface area (Å²) in [7, 11) is 1.50. The van der Waals surface area contributed by atoms with Gasteiger partial charge in [-0.3, -0.25) is 9.59 Å². The molecule has 0 saturated heterocycles. The summed E-state index contributed by atoms with van der Waals surface area (Å²) in [5.41, 5.74) is 7.05. The molecule has 0 fully saturated rings. The molecule has 188 valence electrons. The van der Waals surface area contributed by atoms with Gasteiger partial charge in [-0.15, -0.1) is 0 Å². The van der Waals surface area contributed by atoms with Gasteiger partial charge in [-0.1, -0.05) is 31.2 Å². The number of carbonyl (C=O) groups excluding carboxylic acids is 2. The minimum absolute atomic E-state index is 0.148. The zero-order valence-electron chi connectivity index (χ0n) is 21.0. The van der Waals surface area contributed by atoms with E-state index in [9.17, 15) is 9.59 Å². The number of ether oxygens (including phenoxy) is 3. The summed E-state index contributed by atoms with van der Waals surface area (Å²) in [6.45, 7) is 5.65. The van der Waals surface area contributed by atoms with Crippen LogP contribution in [0.25, 0.3) is 0 Å². The number of nitrogens with one attached hydrogen (secondary N) is 2. The SMILES string of the molecule is CCc1cc(C)cc(OCC(=O)N/N=C/c2ccc(OCC(=O)Nc3ccccc3C)c(OC)c2)c1. The third-order valence-corrected chi connectivity index (χ3v) is 5.26. The lowest BCUT2D eigenvalue weighted by molar-refractivity contribution is -0.123. The molecule has 0 spiro atoms. The summed E-state index contributed by atoms with van der Waals surface area (Å²) in [6, 6.07) is 18.5. The number of methoxy groups -OCH3 is 1. The fourth-order valence-corrected chi connectivity index (χ4v) is 3.40. The minimum atomic E-state index is -0.377. The van der Waals surface area contributed by atoms with Crippen LogP contribution in [-0.2, 0) is 16.0 Å². The summed E-state index contributed by atoms with van der Waals surface area (Å²) in [4.78, 5) is 24.3. The molecular weight excluding hydrogens is 458 g/mol. The third-order valence-electron chi connectivity index (χ3n) is 5.26. The predicted octanol–water partition coefficient (Wildman–Crippen LogP) is 4.42. The summed E-state index contributed by atoms with van der Waals surface area (Å²) in [5.74, 6) is 0.842. The van der Waals surface area contributed by atoms with Crippen molar-refractivity contribution in [1.82, 2.24) is 5.43 Å². The lowest BCUT2D eigenvalue weighted by Crippen LogP contribution is -2.24. The van der Waals surface area contributed by atoms with Crippen molar-refractivity contribution in [3.63, 3.8) is 0 Å². The second-order valence-corrected chi connectivity index (χ2v) is 8.15. The van der Waals surface area contributed by atoms with Gasteiger partial charge in [-0.05, 0) is 78.9 Å². The van der Waals surface area contributed by atoms with Crippen molar-refractivity contribution in [3.8, 4) is 17.2 Å². The van der Waals surface area contributed by atoms with Gasteiger partial charge in [0.2, 0.25) is 0 Å². The molecule has 0 aliphatic carbocycles. The highest BCUT2D eigenvalue weighted by Crippen LogP contribution is 2.27. The van der Waals surface area contributed by atoms with Crippen LogP contribution in [-0.4, -0.2) is 38.4 Å². The van der Waals surface area contributed by atoms with Crippen LogP contribution in [0.5, 0.6) is 17.2 Å². The summed E-state index contributed by atoms with van der Waals surface area (Å²) >= 11 is 0. The second-order valence-electron chi connectivity index (χ2n) is 8.15. The number of carbonyl (C=O) groups is 2. The van der Waals surface area contributed by atoms with Crippen molar-refractivity contribution in [2.75, 3.05) is 25.6 Å². The summed E-state index contributed by atoms with van der Waals surface area (Å²) in [6.07, 6.45) is 2.37. The van der Waals surface area contributed by atoms with Gasteiger partial charge in [0.25, 0.3) is 11.8 Å². The van der Waals surface area contributed by atoms with Crippen LogP contribution in [0.4, 0.5) is 5.69 Å². The highest BCUT2D eigenvalue weighted by atomic mass is 16.5. The quantitative estimate of drug-likeness (QED) is 0.307. The van der Waals surface area contributed by atoms with Gasteiger partial charge in [-0.2, -0.15) is 5.10 Å². The van der Waals surface area contributed by atoms with Crippen LogP contribution in [0.1, 0.15) is 29.2 Å². The molecule has 0 bridgehead atoms. The lowest BCUT2D eigenvalue weighted by Gasteiger charge is -2.12. The number of hydrogen-bond donors (Lipinski definition) is 2. The molecule has 2 amide bonds. The van der Waals surface area contributed by atoms with Crippen molar-refractivity contribution in [2.24, 2.45) is 5.10 Å². The Balaban J connectivity index is 1.50. The number of para-hydroxylation sites is 1. The maximum absolute atomic E-state index is 12.3. The van der Waals surface area contributed by atoms with Crippen molar-refractivity contribution in [2.45, 2.75) is 27.2 Å². The van der Waals surface area contributed by atoms with Crippen molar-refractivity contribution >= 4 is 23.7 Å².